The van der Waals surface area contributed by atoms with E-state index in [1.54, 1.807) is 18.3 Å². The zero-order valence-corrected chi connectivity index (χ0v) is 11.1. The fourth-order valence-corrected chi connectivity index (χ4v) is 2.47. The molecule has 98 valence electrons. The number of aromatic nitrogens is 1. The van der Waals surface area contributed by atoms with Gasteiger partial charge < -0.3 is 10.2 Å². The van der Waals surface area contributed by atoms with Crippen LogP contribution in [0, 0.1) is 6.92 Å². The number of carboxylic acids is 1. The van der Waals surface area contributed by atoms with Crippen molar-refractivity contribution in [1.29, 1.82) is 0 Å². The number of aryl methyl sites for hydroxylation is 1. The molecule has 0 bridgehead atoms. The minimum absolute atomic E-state index is 0.0606. The third kappa shape index (κ3) is 3.07. The topological polar surface area (TPSA) is 70.4 Å². The van der Waals surface area contributed by atoms with Crippen LogP contribution >= 0.6 is 11.3 Å². The van der Waals surface area contributed by atoms with Crippen molar-refractivity contribution in [2.75, 3.05) is 0 Å². The average Bonchev–Trinajstić information content (AvgIpc) is 2.81. The van der Waals surface area contributed by atoms with Gasteiger partial charge in [-0.25, -0.2) is 4.79 Å². The Labute approximate surface area is 114 Å². The molecule has 2 N–H and O–H groups in total. The van der Waals surface area contributed by atoms with Crippen LogP contribution in [-0.2, 0) is 4.79 Å². The van der Waals surface area contributed by atoms with Crippen molar-refractivity contribution in [3.05, 3.63) is 57.6 Å². The highest BCUT2D eigenvalue weighted by Gasteiger charge is 2.20. The lowest BCUT2D eigenvalue weighted by atomic mass is 10.0. The van der Waals surface area contributed by atoms with Crippen molar-refractivity contribution in [3.8, 4) is 0 Å². The summed E-state index contributed by atoms with van der Waals surface area (Å²) >= 11 is 1.50. The number of aliphatic carboxylic acids is 1. The summed E-state index contributed by atoms with van der Waals surface area (Å²) in [6.45, 7) is 1.90. The maximum absolute atomic E-state index is 11.3. The first kappa shape index (κ1) is 13.5. The van der Waals surface area contributed by atoms with Gasteiger partial charge >= 0.3 is 5.97 Å². The molecule has 0 amide bonds. The van der Waals surface area contributed by atoms with E-state index < -0.39 is 12.1 Å². The first-order chi connectivity index (χ1) is 9.09. The Kier molecular flexibility index (Phi) is 4.09. The number of carboxylic acid groups (broad SMARTS) is 1. The molecule has 4 nitrogen and oxygen atoms in total. The van der Waals surface area contributed by atoms with Crippen LogP contribution in [-0.4, -0.2) is 21.2 Å². The van der Waals surface area contributed by atoms with Gasteiger partial charge in [-0.2, -0.15) is 11.3 Å². The minimum Gasteiger partial charge on any atom is -0.478 e. The second kappa shape index (κ2) is 5.77. The Hall–Kier alpha value is -1.98. The lowest BCUT2D eigenvalue weighted by molar-refractivity contribution is -0.133. The summed E-state index contributed by atoms with van der Waals surface area (Å²) in [5, 5.41) is 23.2. The summed E-state index contributed by atoms with van der Waals surface area (Å²) in [7, 11) is 0. The Balaban J connectivity index is 2.39. The maximum atomic E-state index is 11.3. The Morgan fingerprint density at radius 1 is 1.47 bits per heavy atom. The van der Waals surface area contributed by atoms with Gasteiger partial charge in [0.05, 0.1) is 5.57 Å². The molecule has 1 atom stereocenters. The molecule has 5 heteroatoms. The zero-order valence-electron chi connectivity index (χ0n) is 10.3. The van der Waals surface area contributed by atoms with Crippen molar-refractivity contribution >= 4 is 23.4 Å². The third-order valence-corrected chi connectivity index (χ3v) is 3.63. The van der Waals surface area contributed by atoms with Crippen LogP contribution in [0.2, 0.25) is 0 Å². The van der Waals surface area contributed by atoms with E-state index in [4.69, 9.17) is 0 Å². The second-order valence-corrected chi connectivity index (χ2v) is 4.85. The van der Waals surface area contributed by atoms with E-state index in [9.17, 15) is 15.0 Å². The Morgan fingerprint density at radius 3 is 2.79 bits per heavy atom. The molecule has 0 aliphatic heterocycles. The second-order valence-electron chi connectivity index (χ2n) is 4.10. The molecular weight excluding hydrogens is 262 g/mol. The standard InChI is InChI=1S/C14H13NO3S/c1-9-7-19-8-11(9)5-12(14(17)18)13(16)10-3-2-4-15-6-10/h2-8,13,16H,1H3,(H,17,18). The fourth-order valence-electron chi connectivity index (χ4n) is 1.66. The van der Waals surface area contributed by atoms with Crippen molar-refractivity contribution in [2.45, 2.75) is 13.0 Å². The van der Waals surface area contributed by atoms with Crippen LogP contribution in [0.25, 0.3) is 6.08 Å². The zero-order chi connectivity index (χ0) is 13.8. The summed E-state index contributed by atoms with van der Waals surface area (Å²) in [5.74, 6) is -1.14. The molecule has 19 heavy (non-hydrogen) atoms. The molecule has 1 unspecified atom stereocenters. The molecule has 0 fully saturated rings. The number of rotatable bonds is 4. The van der Waals surface area contributed by atoms with E-state index in [1.807, 2.05) is 17.7 Å². The number of hydrogen-bond donors (Lipinski definition) is 2. The minimum atomic E-state index is -1.19. The van der Waals surface area contributed by atoms with Crippen LogP contribution in [0.4, 0.5) is 0 Å². The Bertz CT molecular complexity index is 604. The molecule has 2 aromatic rings. The summed E-state index contributed by atoms with van der Waals surface area (Å²) in [6.07, 6.45) is 3.35. The maximum Gasteiger partial charge on any atom is 0.334 e. The van der Waals surface area contributed by atoms with E-state index in [1.165, 1.54) is 23.6 Å². The summed E-state index contributed by atoms with van der Waals surface area (Å²) in [4.78, 5) is 15.2. The highest BCUT2D eigenvalue weighted by Crippen LogP contribution is 2.25. The first-order valence-electron chi connectivity index (χ1n) is 5.65. The molecule has 0 aromatic carbocycles. The van der Waals surface area contributed by atoms with Gasteiger partial charge in [0, 0.05) is 18.0 Å². The van der Waals surface area contributed by atoms with Gasteiger partial charge in [0.1, 0.15) is 6.10 Å². The van der Waals surface area contributed by atoms with E-state index >= 15 is 0 Å². The molecule has 2 aromatic heterocycles. The number of pyridine rings is 1. The predicted molar refractivity (Wildman–Crippen MR) is 73.9 cm³/mol. The SMILES string of the molecule is Cc1cscc1C=C(C(=O)O)C(O)c1cccnc1. The summed E-state index contributed by atoms with van der Waals surface area (Å²) in [6, 6.07) is 3.31. The number of thiophene rings is 1. The van der Waals surface area contributed by atoms with E-state index in [0.29, 0.717) is 5.56 Å². The Morgan fingerprint density at radius 2 is 2.26 bits per heavy atom. The molecular formula is C14H13NO3S. The van der Waals surface area contributed by atoms with Crippen molar-refractivity contribution in [1.82, 2.24) is 4.98 Å². The molecule has 0 saturated carbocycles. The van der Waals surface area contributed by atoms with E-state index in [2.05, 4.69) is 4.98 Å². The number of hydrogen-bond acceptors (Lipinski definition) is 4. The van der Waals surface area contributed by atoms with Crippen molar-refractivity contribution < 1.29 is 15.0 Å². The molecule has 2 rings (SSSR count). The van der Waals surface area contributed by atoms with Crippen LogP contribution < -0.4 is 0 Å². The highest BCUT2D eigenvalue weighted by atomic mass is 32.1. The first-order valence-corrected chi connectivity index (χ1v) is 6.59. The largest absolute Gasteiger partial charge is 0.478 e. The molecule has 0 radical (unpaired) electrons. The van der Waals surface area contributed by atoms with Crippen LogP contribution in [0.5, 0.6) is 0 Å². The lowest BCUT2D eigenvalue weighted by Crippen LogP contribution is -2.11. The molecule has 0 saturated heterocycles. The normalized spacial score (nSPS) is 13.3. The van der Waals surface area contributed by atoms with Gasteiger partial charge in [0.15, 0.2) is 0 Å². The number of carbonyl (C=O) groups is 1. The van der Waals surface area contributed by atoms with Crippen molar-refractivity contribution in [3.63, 3.8) is 0 Å². The van der Waals surface area contributed by atoms with Gasteiger partial charge in [-0.15, -0.1) is 0 Å². The van der Waals surface area contributed by atoms with Gasteiger partial charge in [0.2, 0.25) is 0 Å². The average molecular weight is 275 g/mol. The van der Waals surface area contributed by atoms with Gasteiger partial charge in [-0.05, 0) is 41.0 Å². The number of aliphatic hydroxyl groups excluding tert-OH is 1. The molecule has 0 aliphatic carbocycles. The van der Waals surface area contributed by atoms with E-state index in [0.717, 1.165) is 11.1 Å². The summed E-state index contributed by atoms with van der Waals surface area (Å²) in [5.41, 5.74) is 2.20. The molecule has 0 aliphatic rings. The van der Waals surface area contributed by atoms with Crippen LogP contribution in [0.15, 0.2) is 40.9 Å². The monoisotopic (exact) mass is 275 g/mol. The number of aliphatic hydroxyl groups is 1. The number of nitrogens with zero attached hydrogens (tertiary/aromatic N) is 1. The molecule has 2 heterocycles. The van der Waals surface area contributed by atoms with Gasteiger partial charge in [-0.1, -0.05) is 6.07 Å². The quantitative estimate of drug-likeness (QED) is 0.842. The third-order valence-electron chi connectivity index (χ3n) is 2.75. The van der Waals surface area contributed by atoms with Crippen LogP contribution in [0.1, 0.15) is 22.8 Å². The van der Waals surface area contributed by atoms with Gasteiger partial charge in [-0.3, -0.25) is 4.98 Å². The summed E-state index contributed by atoms with van der Waals surface area (Å²) < 4.78 is 0. The van der Waals surface area contributed by atoms with Crippen LogP contribution in [0.3, 0.4) is 0 Å². The fraction of sp³-hybridized carbons (Fsp3) is 0.143. The van der Waals surface area contributed by atoms with Gasteiger partial charge in [0.25, 0.3) is 0 Å². The smallest absolute Gasteiger partial charge is 0.334 e. The van der Waals surface area contributed by atoms with E-state index in [-0.39, 0.29) is 5.57 Å². The lowest BCUT2D eigenvalue weighted by Gasteiger charge is -2.11. The highest BCUT2D eigenvalue weighted by molar-refractivity contribution is 7.08. The molecule has 0 spiro atoms. The van der Waals surface area contributed by atoms with Crippen molar-refractivity contribution in [2.24, 2.45) is 0 Å². The predicted octanol–water partition coefficient (Wildman–Crippen LogP) is 2.65.